The molecule has 0 amide bonds. The number of hydrogen-bond acceptors (Lipinski definition) is 3. The quantitative estimate of drug-likeness (QED) is 0.634. The maximum atomic E-state index is 12.2. The summed E-state index contributed by atoms with van der Waals surface area (Å²) < 4.78 is 5.08. The number of ether oxygens (including phenoxy) is 1. The molecule has 2 aromatic carbocycles. The van der Waals surface area contributed by atoms with Crippen molar-refractivity contribution in [3.05, 3.63) is 64.7 Å². The molecule has 0 unspecified atom stereocenters. The molecule has 19 heavy (non-hydrogen) atoms. The number of hydrogen-bond donors (Lipinski definition) is 0. The summed E-state index contributed by atoms with van der Waals surface area (Å²) >= 11 is 5.85. The van der Waals surface area contributed by atoms with Gasteiger partial charge in [-0.1, -0.05) is 41.9 Å². The molecular formula is C15H11ClO3. The molecule has 2 aromatic rings. The van der Waals surface area contributed by atoms with Gasteiger partial charge in [0.2, 0.25) is 11.6 Å². The highest BCUT2D eigenvalue weighted by Gasteiger charge is 2.21. The highest BCUT2D eigenvalue weighted by Crippen LogP contribution is 2.24. The first-order valence-corrected chi connectivity index (χ1v) is 5.99. The first-order valence-electron chi connectivity index (χ1n) is 5.61. The molecule has 96 valence electrons. The number of carbonyl (C=O) groups is 2. The van der Waals surface area contributed by atoms with Gasteiger partial charge in [-0.3, -0.25) is 9.59 Å². The lowest BCUT2D eigenvalue weighted by Crippen LogP contribution is -2.15. The van der Waals surface area contributed by atoms with Crippen molar-refractivity contribution >= 4 is 23.2 Å². The molecule has 4 heteroatoms. The summed E-state index contributed by atoms with van der Waals surface area (Å²) in [6, 6.07) is 13.0. The highest BCUT2D eigenvalue weighted by molar-refractivity contribution is 6.50. The Hall–Kier alpha value is -2.13. The van der Waals surface area contributed by atoms with Gasteiger partial charge in [-0.25, -0.2) is 0 Å². The Kier molecular flexibility index (Phi) is 3.97. The normalized spacial score (nSPS) is 10.0. The zero-order valence-electron chi connectivity index (χ0n) is 10.2. The van der Waals surface area contributed by atoms with Gasteiger partial charge < -0.3 is 4.74 Å². The molecule has 0 heterocycles. The predicted octanol–water partition coefficient (Wildman–Crippen LogP) is 3.41. The van der Waals surface area contributed by atoms with E-state index in [-0.39, 0.29) is 5.56 Å². The molecule has 2 rings (SSSR count). The van der Waals surface area contributed by atoms with Gasteiger partial charge in [-0.15, -0.1) is 0 Å². The molecule has 0 aliphatic rings. The van der Waals surface area contributed by atoms with Gasteiger partial charge in [0.15, 0.2) is 0 Å². The molecule has 0 saturated heterocycles. The number of halogens is 1. The van der Waals surface area contributed by atoms with E-state index in [0.717, 1.165) is 0 Å². The van der Waals surface area contributed by atoms with Gasteiger partial charge in [0.1, 0.15) is 5.75 Å². The number of Topliss-reactive ketones (excluding diaryl/α,β-unsaturated/α-hetero) is 2. The van der Waals surface area contributed by atoms with Crippen molar-refractivity contribution in [1.82, 2.24) is 0 Å². The number of methoxy groups -OCH3 is 1. The number of benzene rings is 2. The van der Waals surface area contributed by atoms with Crippen molar-refractivity contribution in [2.24, 2.45) is 0 Å². The minimum Gasteiger partial charge on any atom is -0.496 e. The van der Waals surface area contributed by atoms with E-state index >= 15 is 0 Å². The summed E-state index contributed by atoms with van der Waals surface area (Å²) in [5.41, 5.74) is 0.512. The van der Waals surface area contributed by atoms with E-state index in [1.54, 1.807) is 42.5 Å². The Labute approximate surface area is 115 Å². The third-order valence-electron chi connectivity index (χ3n) is 2.65. The van der Waals surface area contributed by atoms with Gasteiger partial charge in [-0.05, 0) is 18.2 Å². The Bertz CT molecular complexity index is 621. The molecule has 0 saturated carbocycles. The third kappa shape index (κ3) is 2.83. The summed E-state index contributed by atoms with van der Waals surface area (Å²) in [6.07, 6.45) is 0. The molecule has 0 atom stereocenters. The Balaban J connectivity index is 2.40. The lowest BCUT2D eigenvalue weighted by Gasteiger charge is -2.07. The second-order valence-corrected chi connectivity index (χ2v) is 4.31. The lowest BCUT2D eigenvalue weighted by atomic mass is 10.0. The first-order chi connectivity index (χ1) is 9.13. The summed E-state index contributed by atoms with van der Waals surface area (Å²) in [7, 11) is 1.44. The second kappa shape index (κ2) is 5.67. The van der Waals surface area contributed by atoms with Crippen molar-refractivity contribution in [1.29, 1.82) is 0 Å². The summed E-state index contributed by atoms with van der Waals surface area (Å²) in [5.74, 6) is -0.884. The summed E-state index contributed by atoms with van der Waals surface area (Å²) in [5, 5.41) is 0.380. The van der Waals surface area contributed by atoms with E-state index in [0.29, 0.717) is 16.3 Å². The van der Waals surface area contributed by atoms with Crippen molar-refractivity contribution in [3.8, 4) is 5.75 Å². The molecule has 0 N–H and O–H groups in total. The number of carbonyl (C=O) groups excluding carboxylic acids is 2. The van der Waals surface area contributed by atoms with Crippen LogP contribution < -0.4 is 4.74 Å². The highest BCUT2D eigenvalue weighted by atomic mass is 35.5. The van der Waals surface area contributed by atoms with Crippen LogP contribution in [0.2, 0.25) is 5.02 Å². The maximum absolute atomic E-state index is 12.2. The van der Waals surface area contributed by atoms with Crippen molar-refractivity contribution in [2.75, 3.05) is 7.11 Å². The zero-order chi connectivity index (χ0) is 13.8. The van der Waals surface area contributed by atoms with Crippen LogP contribution in [0.15, 0.2) is 48.5 Å². The Morgan fingerprint density at radius 1 is 1.00 bits per heavy atom. The van der Waals surface area contributed by atoms with Crippen LogP contribution in [-0.4, -0.2) is 18.7 Å². The van der Waals surface area contributed by atoms with Gasteiger partial charge in [0, 0.05) is 10.6 Å². The predicted molar refractivity (Wildman–Crippen MR) is 73.1 cm³/mol. The van der Waals surface area contributed by atoms with Crippen molar-refractivity contribution < 1.29 is 14.3 Å². The van der Waals surface area contributed by atoms with Crippen LogP contribution in [-0.2, 0) is 0 Å². The van der Waals surface area contributed by atoms with E-state index < -0.39 is 11.6 Å². The average molecular weight is 275 g/mol. The minimum atomic E-state index is -0.634. The zero-order valence-corrected chi connectivity index (χ0v) is 11.0. The monoisotopic (exact) mass is 274 g/mol. The number of ketones is 2. The van der Waals surface area contributed by atoms with E-state index in [9.17, 15) is 9.59 Å². The molecular weight excluding hydrogens is 264 g/mol. The smallest absolute Gasteiger partial charge is 0.237 e. The fourth-order valence-electron chi connectivity index (χ4n) is 1.70. The molecule has 0 aliphatic heterocycles. The van der Waals surface area contributed by atoms with Crippen LogP contribution >= 0.6 is 11.6 Å². The number of rotatable bonds is 4. The lowest BCUT2D eigenvalue weighted by molar-refractivity contribution is 0.0815. The Morgan fingerprint density at radius 3 is 2.32 bits per heavy atom. The van der Waals surface area contributed by atoms with Crippen molar-refractivity contribution in [2.45, 2.75) is 0 Å². The molecule has 3 nitrogen and oxygen atoms in total. The molecule has 0 bridgehead atoms. The topological polar surface area (TPSA) is 43.4 Å². The van der Waals surface area contributed by atoms with Crippen LogP contribution in [0.1, 0.15) is 20.7 Å². The van der Waals surface area contributed by atoms with Crippen LogP contribution in [0.25, 0.3) is 0 Å². The van der Waals surface area contributed by atoms with Crippen LogP contribution in [0.5, 0.6) is 5.75 Å². The van der Waals surface area contributed by atoms with E-state index in [1.807, 2.05) is 0 Å². The largest absolute Gasteiger partial charge is 0.496 e. The molecule has 0 fully saturated rings. The average Bonchev–Trinajstić information content (AvgIpc) is 2.46. The fraction of sp³-hybridized carbons (Fsp3) is 0.0667. The van der Waals surface area contributed by atoms with Gasteiger partial charge in [-0.2, -0.15) is 0 Å². The Morgan fingerprint density at radius 2 is 1.68 bits per heavy atom. The van der Waals surface area contributed by atoms with Gasteiger partial charge in [0.25, 0.3) is 0 Å². The summed E-state index contributed by atoms with van der Waals surface area (Å²) in [6.45, 7) is 0. The van der Waals surface area contributed by atoms with Crippen LogP contribution in [0.4, 0.5) is 0 Å². The summed E-state index contributed by atoms with van der Waals surface area (Å²) in [4.78, 5) is 24.3. The van der Waals surface area contributed by atoms with E-state index in [2.05, 4.69) is 0 Å². The van der Waals surface area contributed by atoms with E-state index in [1.165, 1.54) is 13.2 Å². The van der Waals surface area contributed by atoms with Crippen LogP contribution in [0, 0.1) is 0 Å². The second-order valence-electron chi connectivity index (χ2n) is 3.87. The molecule has 0 aliphatic carbocycles. The van der Waals surface area contributed by atoms with E-state index in [4.69, 9.17) is 16.3 Å². The van der Waals surface area contributed by atoms with Gasteiger partial charge >= 0.3 is 0 Å². The van der Waals surface area contributed by atoms with Crippen molar-refractivity contribution in [3.63, 3.8) is 0 Å². The minimum absolute atomic E-state index is 0.170. The maximum Gasteiger partial charge on any atom is 0.237 e. The molecule has 0 radical (unpaired) electrons. The molecule has 0 aromatic heterocycles. The first kappa shape index (κ1) is 13.3. The fourth-order valence-corrected chi connectivity index (χ4v) is 1.87. The SMILES string of the molecule is COc1ccc(Cl)cc1C(=O)C(=O)c1ccccc1. The standard InChI is InChI=1S/C15H11ClO3/c1-19-13-8-7-11(16)9-12(13)15(18)14(17)10-5-3-2-4-6-10/h2-9H,1H3. The third-order valence-corrected chi connectivity index (χ3v) is 2.88. The van der Waals surface area contributed by atoms with Crippen LogP contribution in [0.3, 0.4) is 0 Å². The molecule has 0 spiro atoms. The van der Waals surface area contributed by atoms with Gasteiger partial charge in [0.05, 0.1) is 12.7 Å².